The summed E-state index contributed by atoms with van der Waals surface area (Å²) in [5.41, 5.74) is 0.613. The zero-order valence-corrected chi connectivity index (χ0v) is 10.9. The Bertz CT molecular complexity index is 454. The van der Waals surface area contributed by atoms with Crippen LogP contribution in [0, 0.1) is 0 Å². The minimum Gasteiger partial charge on any atom is -0.475 e. The van der Waals surface area contributed by atoms with Crippen LogP contribution in [0.1, 0.15) is 5.56 Å². The Labute approximate surface area is 107 Å². The molecule has 86 valence electrons. The summed E-state index contributed by atoms with van der Waals surface area (Å²) in [6.07, 6.45) is -3.86. The van der Waals surface area contributed by atoms with Gasteiger partial charge in [-0.25, -0.2) is 0 Å². The van der Waals surface area contributed by atoms with Crippen molar-refractivity contribution in [3.05, 3.63) is 32.7 Å². The molecule has 2 rings (SSSR count). The molecule has 0 fully saturated rings. The Morgan fingerprint density at radius 3 is 2.50 bits per heavy atom. The lowest BCUT2D eigenvalue weighted by atomic mass is 10.1. The van der Waals surface area contributed by atoms with E-state index in [0.29, 0.717) is 10.0 Å². The van der Waals surface area contributed by atoms with E-state index in [2.05, 4.69) is 31.9 Å². The molecular formula is C10H5Br2F3O. The highest BCUT2D eigenvalue weighted by Gasteiger charge is 2.41. The van der Waals surface area contributed by atoms with Crippen LogP contribution in [0.5, 0.6) is 5.75 Å². The predicted molar refractivity (Wildman–Crippen MR) is 61.3 cm³/mol. The number of fused-ring (bicyclic) bond motifs is 1. The lowest BCUT2D eigenvalue weighted by Crippen LogP contribution is -2.34. The van der Waals surface area contributed by atoms with Crippen LogP contribution in [0.25, 0.3) is 6.08 Å². The Kier molecular flexibility index (Phi) is 3.05. The van der Waals surface area contributed by atoms with Crippen LogP contribution in [0.3, 0.4) is 0 Å². The van der Waals surface area contributed by atoms with Crippen LogP contribution in [0.2, 0.25) is 0 Å². The molecule has 0 bridgehead atoms. The number of ether oxygens (including phenoxy) is 1. The van der Waals surface area contributed by atoms with Gasteiger partial charge in [-0.15, -0.1) is 0 Å². The van der Waals surface area contributed by atoms with Crippen molar-refractivity contribution in [2.75, 3.05) is 0 Å². The molecule has 1 aliphatic heterocycles. The van der Waals surface area contributed by atoms with Crippen molar-refractivity contribution in [2.24, 2.45) is 0 Å². The van der Waals surface area contributed by atoms with E-state index in [4.69, 9.17) is 4.74 Å². The lowest BCUT2D eigenvalue weighted by Gasteiger charge is -2.24. The van der Waals surface area contributed by atoms with Crippen molar-refractivity contribution in [1.82, 2.24) is 0 Å². The normalized spacial score (nSPS) is 19.2. The van der Waals surface area contributed by atoms with Crippen LogP contribution in [-0.4, -0.2) is 12.3 Å². The van der Waals surface area contributed by atoms with Gasteiger partial charge in [-0.2, -0.15) is 13.2 Å². The molecule has 1 aliphatic rings. The van der Waals surface area contributed by atoms with E-state index in [-0.39, 0.29) is 5.75 Å². The zero-order valence-electron chi connectivity index (χ0n) is 7.68. The summed E-state index contributed by atoms with van der Waals surface area (Å²) in [6.45, 7) is 0. The highest BCUT2D eigenvalue weighted by atomic mass is 79.9. The minimum atomic E-state index is -4.39. The summed E-state index contributed by atoms with van der Waals surface area (Å²) in [7, 11) is 0. The van der Waals surface area contributed by atoms with Gasteiger partial charge in [0, 0.05) is 10.0 Å². The van der Waals surface area contributed by atoms with Crippen molar-refractivity contribution in [3.8, 4) is 5.75 Å². The quantitative estimate of drug-likeness (QED) is 0.662. The molecule has 0 N–H and O–H groups in total. The summed E-state index contributed by atoms with van der Waals surface area (Å²) >= 11 is 6.42. The second kappa shape index (κ2) is 4.07. The first kappa shape index (κ1) is 12.0. The highest BCUT2D eigenvalue weighted by molar-refractivity contribution is 9.11. The predicted octanol–water partition coefficient (Wildman–Crippen LogP) is 4.55. The molecule has 1 unspecified atom stereocenters. The Balaban J connectivity index is 2.42. The van der Waals surface area contributed by atoms with Crippen LogP contribution in [0.15, 0.2) is 27.2 Å². The van der Waals surface area contributed by atoms with E-state index in [1.54, 1.807) is 12.1 Å². The fourth-order valence-corrected chi connectivity index (χ4v) is 2.71. The molecule has 0 saturated carbocycles. The van der Waals surface area contributed by atoms with Crippen molar-refractivity contribution < 1.29 is 17.9 Å². The summed E-state index contributed by atoms with van der Waals surface area (Å²) in [5.74, 6) is 0.216. The van der Waals surface area contributed by atoms with E-state index < -0.39 is 12.3 Å². The van der Waals surface area contributed by atoms with Gasteiger partial charge in [-0.3, -0.25) is 0 Å². The van der Waals surface area contributed by atoms with Crippen molar-refractivity contribution >= 4 is 37.9 Å². The third-order valence-electron chi connectivity index (χ3n) is 2.06. The van der Waals surface area contributed by atoms with Crippen molar-refractivity contribution in [3.63, 3.8) is 0 Å². The van der Waals surface area contributed by atoms with E-state index in [1.807, 2.05) is 0 Å². The zero-order chi connectivity index (χ0) is 11.9. The third kappa shape index (κ3) is 2.27. The maximum absolute atomic E-state index is 12.4. The van der Waals surface area contributed by atoms with Crippen LogP contribution >= 0.6 is 31.9 Å². The monoisotopic (exact) mass is 356 g/mol. The number of benzene rings is 1. The fourth-order valence-electron chi connectivity index (χ4n) is 1.36. The van der Waals surface area contributed by atoms with E-state index in [9.17, 15) is 13.2 Å². The van der Waals surface area contributed by atoms with Crippen LogP contribution in [0.4, 0.5) is 13.2 Å². The van der Waals surface area contributed by atoms with Gasteiger partial charge in [0.1, 0.15) is 5.75 Å². The number of hydrogen-bond acceptors (Lipinski definition) is 1. The molecule has 0 radical (unpaired) electrons. The van der Waals surface area contributed by atoms with Crippen LogP contribution < -0.4 is 4.74 Å². The topological polar surface area (TPSA) is 9.23 Å². The minimum absolute atomic E-state index is 0.216. The number of rotatable bonds is 0. The van der Waals surface area contributed by atoms with Gasteiger partial charge >= 0.3 is 6.18 Å². The number of alkyl halides is 3. The Hall–Kier alpha value is -0.490. The van der Waals surface area contributed by atoms with Gasteiger partial charge in [-0.05, 0) is 34.1 Å². The fraction of sp³-hybridized carbons (Fsp3) is 0.200. The number of hydrogen-bond donors (Lipinski definition) is 0. The van der Waals surface area contributed by atoms with Gasteiger partial charge in [0.05, 0.1) is 4.47 Å². The second-order valence-corrected chi connectivity index (χ2v) is 5.02. The smallest absolute Gasteiger partial charge is 0.429 e. The van der Waals surface area contributed by atoms with Gasteiger partial charge in [0.25, 0.3) is 0 Å². The summed E-state index contributed by atoms with van der Waals surface area (Å²) in [5, 5.41) is 0. The van der Waals surface area contributed by atoms with Gasteiger partial charge in [-0.1, -0.05) is 22.0 Å². The molecule has 0 aliphatic carbocycles. The molecule has 0 aromatic heterocycles. The maximum atomic E-state index is 12.4. The summed E-state index contributed by atoms with van der Waals surface area (Å²) in [4.78, 5) is 0. The van der Waals surface area contributed by atoms with Gasteiger partial charge in [0.15, 0.2) is 0 Å². The van der Waals surface area contributed by atoms with E-state index in [0.717, 1.165) is 10.5 Å². The lowest BCUT2D eigenvalue weighted by molar-refractivity contribution is -0.180. The molecule has 6 heteroatoms. The molecule has 1 atom stereocenters. The third-order valence-corrected chi connectivity index (χ3v) is 3.10. The second-order valence-electron chi connectivity index (χ2n) is 3.25. The van der Waals surface area contributed by atoms with E-state index in [1.165, 1.54) is 6.08 Å². The maximum Gasteiger partial charge on any atom is 0.429 e. The van der Waals surface area contributed by atoms with Crippen LogP contribution in [-0.2, 0) is 0 Å². The summed E-state index contributed by atoms with van der Waals surface area (Å²) < 4.78 is 43.5. The molecule has 0 saturated heterocycles. The standard InChI is InChI=1S/C10H5Br2F3O/c11-6-3-5-1-2-8(10(13,14)15)16-9(5)7(12)4-6/h1-4,8H. The van der Waals surface area contributed by atoms with Crippen molar-refractivity contribution in [1.29, 1.82) is 0 Å². The average molecular weight is 358 g/mol. The van der Waals surface area contributed by atoms with Crippen molar-refractivity contribution in [2.45, 2.75) is 12.3 Å². The van der Waals surface area contributed by atoms with Gasteiger partial charge in [0.2, 0.25) is 6.10 Å². The first-order chi connectivity index (χ1) is 7.38. The molecular weight excluding hydrogens is 353 g/mol. The molecule has 0 amide bonds. The largest absolute Gasteiger partial charge is 0.475 e. The highest BCUT2D eigenvalue weighted by Crippen LogP contribution is 2.39. The average Bonchev–Trinajstić information content (AvgIpc) is 2.15. The molecule has 16 heavy (non-hydrogen) atoms. The molecule has 1 aromatic carbocycles. The summed E-state index contributed by atoms with van der Waals surface area (Å²) in [6, 6.07) is 3.34. The first-order valence-electron chi connectivity index (χ1n) is 4.28. The molecule has 1 nitrogen and oxygen atoms in total. The SMILES string of the molecule is FC(F)(F)C1C=Cc2cc(Br)cc(Br)c2O1. The molecule has 1 aromatic rings. The Morgan fingerprint density at radius 2 is 1.88 bits per heavy atom. The molecule has 1 heterocycles. The number of halogens is 5. The molecule has 0 spiro atoms. The van der Waals surface area contributed by atoms with E-state index >= 15 is 0 Å². The van der Waals surface area contributed by atoms with Gasteiger partial charge < -0.3 is 4.74 Å². The Morgan fingerprint density at radius 1 is 1.19 bits per heavy atom. The first-order valence-corrected chi connectivity index (χ1v) is 5.87.